The maximum atomic E-state index is 12.9. The van der Waals surface area contributed by atoms with Crippen LogP contribution in [0, 0.1) is 5.92 Å². The summed E-state index contributed by atoms with van der Waals surface area (Å²) < 4.78 is 25.8. The molecule has 0 spiro atoms. The third kappa shape index (κ3) is 1.57. The van der Waals surface area contributed by atoms with Crippen molar-refractivity contribution in [3.05, 3.63) is 0 Å². The second kappa shape index (κ2) is 2.99. The van der Waals surface area contributed by atoms with Gasteiger partial charge in [-0.2, -0.15) is 0 Å². The molecule has 0 aromatic carbocycles. The average molecular weight is 177 g/mol. The summed E-state index contributed by atoms with van der Waals surface area (Å²) in [5.74, 6) is -3.57. The molecular formula is C8H13F2NO. The predicted molar refractivity (Wildman–Crippen MR) is 41.0 cm³/mol. The maximum absolute atomic E-state index is 12.9. The van der Waals surface area contributed by atoms with E-state index >= 15 is 0 Å². The average Bonchev–Trinajstić information content (AvgIpc) is 2.25. The van der Waals surface area contributed by atoms with E-state index in [2.05, 4.69) is 0 Å². The van der Waals surface area contributed by atoms with E-state index in [1.54, 1.807) is 6.92 Å². The Kier molecular flexibility index (Phi) is 2.35. The minimum Gasteiger partial charge on any atom is -0.336 e. The van der Waals surface area contributed by atoms with Crippen LogP contribution in [0.4, 0.5) is 8.78 Å². The molecule has 4 heteroatoms. The highest BCUT2D eigenvalue weighted by atomic mass is 19.3. The molecule has 1 fully saturated rings. The summed E-state index contributed by atoms with van der Waals surface area (Å²) in [6, 6.07) is 0. The van der Waals surface area contributed by atoms with Gasteiger partial charge < -0.3 is 4.90 Å². The SMILES string of the molecule is CCC(=O)N1CC(C)C(F)(F)C1. The molecule has 0 aromatic rings. The molecule has 1 amide bonds. The molecular weight excluding hydrogens is 164 g/mol. The summed E-state index contributed by atoms with van der Waals surface area (Å²) in [5, 5.41) is 0. The Labute approximate surface area is 70.5 Å². The summed E-state index contributed by atoms with van der Waals surface area (Å²) in [5.41, 5.74) is 0. The first-order valence-electron chi connectivity index (χ1n) is 4.13. The molecule has 2 nitrogen and oxygen atoms in total. The van der Waals surface area contributed by atoms with E-state index in [1.807, 2.05) is 0 Å². The summed E-state index contributed by atoms with van der Waals surface area (Å²) >= 11 is 0. The lowest BCUT2D eigenvalue weighted by Crippen LogP contribution is -2.30. The van der Waals surface area contributed by atoms with Crippen LogP contribution in [0.15, 0.2) is 0 Å². The highest BCUT2D eigenvalue weighted by Crippen LogP contribution is 2.32. The first-order valence-corrected chi connectivity index (χ1v) is 4.13. The Morgan fingerprint density at radius 1 is 1.67 bits per heavy atom. The van der Waals surface area contributed by atoms with Gasteiger partial charge in [0.25, 0.3) is 5.92 Å². The largest absolute Gasteiger partial charge is 0.336 e. The normalized spacial score (nSPS) is 27.7. The van der Waals surface area contributed by atoms with Gasteiger partial charge in [-0.3, -0.25) is 4.79 Å². The Bertz CT molecular complexity index is 193. The van der Waals surface area contributed by atoms with Gasteiger partial charge >= 0.3 is 0 Å². The number of halogens is 2. The number of hydrogen-bond donors (Lipinski definition) is 0. The Balaban J connectivity index is 2.60. The summed E-state index contributed by atoms with van der Waals surface area (Å²) in [4.78, 5) is 12.3. The van der Waals surface area contributed by atoms with Crippen LogP contribution >= 0.6 is 0 Å². The van der Waals surface area contributed by atoms with Gasteiger partial charge in [-0.25, -0.2) is 8.78 Å². The van der Waals surface area contributed by atoms with Gasteiger partial charge in [0.1, 0.15) is 0 Å². The number of alkyl halides is 2. The number of hydrogen-bond acceptors (Lipinski definition) is 1. The zero-order valence-electron chi connectivity index (χ0n) is 7.31. The van der Waals surface area contributed by atoms with Gasteiger partial charge in [0, 0.05) is 18.9 Å². The molecule has 1 unspecified atom stereocenters. The van der Waals surface area contributed by atoms with Crippen LogP contribution in [0.25, 0.3) is 0 Å². The van der Waals surface area contributed by atoms with Crippen LogP contribution in [-0.2, 0) is 4.79 Å². The monoisotopic (exact) mass is 177 g/mol. The second-order valence-corrected chi connectivity index (χ2v) is 3.29. The van der Waals surface area contributed by atoms with E-state index in [0.29, 0.717) is 6.42 Å². The van der Waals surface area contributed by atoms with Gasteiger partial charge in [-0.15, -0.1) is 0 Å². The molecule has 0 N–H and O–H groups in total. The van der Waals surface area contributed by atoms with E-state index in [0.717, 1.165) is 0 Å². The number of likely N-dealkylation sites (tertiary alicyclic amines) is 1. The van der Waals surface area contributed by atoms with Crippen molar-refractivity contribution in [2.24, 2.45) is 5.92 Å². The first-order chi connectivity index (χ1) is 5.47. The molecule has 1 aliphatic heterocycles. The molecule has 0 saturated carbocycles. The lowest BCUT2D eigenvalue weighted by molar-refractivity contribution is -0.131. The third-order valence-electron chi connectivity index (χ3n) is 2.27. The molecule has 70 valence electrons. The zero-order chi connectivity index (χ0) is 9.35. The molecule has 0 radical (unpaired) electrons. The van der Waals surface area contributed by atoms with Crippen LogP contribution in [-0.4, -0.2) is 29.8 Å². The summed E-state index contributed by atoms with van der Waals surface area (Å²) in [6.45, 7) is 2.95. The predicted octanol–water partition coefficient (Wildman–Crippen LogP) is 1.51. The zero-order valence-corrected chi connectivity index (χ0v) is 7.31. The molecule has 1 saturated heterocycles. The van der Waals surface area contributed by atoms with Crippen molar-refractivity contribution >= 4 is 5.91 Å². The Hall–Kier alpha value is -0.670. The van der Waals surface area contributed by atoms with Crippen LogP contribution in [0.5, 0.6) is 0 Å². The van der Waals surface area contributed by atoms with E-state index in [9.17, 15) is 13.6 Å². The fourth-order valence-corrected chi connectivity index (χ4v) is 1.35. The number of amides is 1. The van der Waals surface area contributed by atoms with E-state index in [4.69, 9.17) is 0 Å². The van der Waals surface area contributed by atoms with Crippen molar-refractivity contribution in [2.75, 3.05) is 13.1 Å². The van der Waals surface area contributed by atoms with E-state index in [1.165, 1.54) is 11.8 Å². The van der Waals surface area contributed by atoms with Gasteiger partial charge in [-0.05, 0) is 0 Å². The van der Waals surface area contributed by atoms with Gasteiger partial charge in [0.05, 0.1) is 6.54 Å². The first kappa shape index (κ1) is 9.42. The van der Waals surface area contributed by atoms with Crippen molar-refractivity contribution in [2.45, 2.75) is 26.2 Å². The highest BCUT2D eigenvalue weighted by Gasteiger charge is 2.46. The van der Waals surface area contributed by atoms with Crippen LogP contribution in [0.2, 0.25) is 0 Å². The van der Waals surface area contributed by atoms with E-state index in [-0.39, 0.29) is 12.5 Å². The second-order valence-electron chi connectivity index (χ2n) is 3.29. The maximum Gasteiger partial charge on any atom is 0.269 e. The minimum atomic E-state index is -2.69. The summed E-state index contributed by atoms with van der Waals surface area (Å²) in [6.07, 6.45) is 0.308. The topological polar surface area (TPSA) is 20.3 Å². The molecule has 1 heterocycles. The van der Waals surface area contributed by atoms with Gasteiger partial charge in [-0.1, -0.05) is 13.8 Å². The number of nitrogens with zero attached hydrogens (tertiary/aromatic N) is 1. The number of carbonyl (C=O) groups is 1. The smallest absolute Gasteiger partial charge is 0.269 e. The van der Waals surface area contributed by atoms with E-state index < -0.39 is 18.4 Å². The van der Waals surface area contributed by atoms with Crippen molar-refractivity contribution in [1.82, 2.24) is 4.90 Å². The van der Waals surface area contributed by atoms with Crippen LogP contribution < -0.4 is 0 Å². The lowest BCUT2D eigenvalue weighted by atomic mass is 10.1. The van der Waals surface area contributed by atoms with Gasteiger partial charge in [0.15, 0.2) is 0 Å². The fourth-order valence-electron chi connectivity index (χ4n) is 1.35. The van der Waals surface area contributed by atoms with Crippen molar-refractivity contribution in [1.29, 1.82) is 0 Å². The van der Waals surface area contributed by atoms with Crippen molar-refractivity contribution in [3.8, 4) is 0 Å². The molecule has 0 bridgehead atoms. The molecule has 0 aromatic heterocycles. The molecule has 1 aliphatic rings. The van der Waals surface area contributed by atoms with Crippen LogP contribution in [0.1, 0.15) is 20.3 Å². The Morgan fingerprint density at radius 3 is 2.58 bits per heavy atom. The highest BCUT2D eigenvalue weighted by molar-refractivity contribution is 5.76. The molecule has 1 rings (SSSR count). The van der Waals surface area contributed by atoms with Gasteiger partial charge in [0.2, 0.25) is 5.91 Å². The number of rotatable bonds is 1. The third-order valence-corrected chi connectivity index (χ3v) is 2.27. The molecule has 1 atom stereocenters. The van der Waals surface area contributed by atoms with Crippen molar-refractivity contribution in [3.63, 3.8) is 0 Å². The summed E-state index contributed by atoms with van der Waals surface area (Å²) in [7, 11) is 0. The molecule has 0 aliphatic carbocycles. The lowest BCUT2D eigenvalue weighted by Gasteiger charge is -2.14. The number of carbonyl (C=O) groups excluding carboxylic acids is 1. The fraction of sp³-hybridized carbons (Fsp3) is 0.875. The van der Waals surface area contributed by atoms with Crippen molar-refractivity contribution < 1.29 is 13.6 Å². The van der Waals surface area contributed by atoms with Crippen LogP contribution in [0.3, 0.4) is 0 Å². The quantitative estimate of drug-likeness (QED) is 0.594. The Morgan fingerprint density at radius 2 is 2.25 bits per heavy atom. The standard InChI is InChI=1S/C8H13F2NO/c1-3-7(12)11-4-6(2)8(9,10)5-11/h6H,3-5H2,1-2H3. The molecule has 12 heavy (non-hydrogen) atoms. The minimum absolute atomic E-state index is 0.181.